The number of fused-ring (bicyclic) bond motifs is 1. The Bertz CT molecular complexity index is 637. The molecule has 1 aliphatic rings. The van der Waals surface area contributed by atoms with Gasteiger partial charge < -0.3 is 5.32 Å². The average molecular weight is 282 g/mol. The Balaban J connectivity index is 1.66. The van der Waals surface area contributed by atoms with Crippen LogP contribution in [0, 0.1) is 0 Å². The fraction of sp³-hybridized carbons (Fsp3) is 0.235. The molecular formula is C17H18N2O2. The lowest BCUT2D eigenvalue weighted by molar-refractivity contribution is 0.0706. The van der Waals surface area contributed by atoms with Crippen LogP contribution in [0.15, 0.2) is 48.5 Å². The van der Waals surface area contributed by atoms with Crippen LogP contribution >= 0.6 is 0 Å². The van der Waals surface area contributed by atoms with E-state index in [2.05, 4.69) is 29.6 Å². The van der Waals surface area contributed by atoms with Gasteiger partial charge in [0.1, 0.15) is 0 Å². The van der Waals surface area contributed by atoms with Crippen LogP contribution in [-0.4, -0.2) is 17.2 Å². The summed E-state index contributed by atoms with van der Waals surface area (Å²) in [4.78, 5) is 11.3. The first-order valence-electron chi connectivity index (χ1n) is 7.14. The Morgan fingerprint density at radius 2 is 1.95 bits per heavy atom. The van der Waals surface area contributed by atoms with Gasteiger partial charge in [-0.3, -0.25) is 10.0 Å². The molecule has 0 saturated carbocycles. The molecule has 108 valence electrons. The zero-order chi connectivity index (χ0) is 14.7. The number of carbonyl (C=O) groups is 1. The molecule has 1 unspecified atom stereocenters. The monoisotopic (exact) mass is 282 g/mol. The van der Waals surface area contributed by atoms with Crippen molar-refractivity contribution in [3.05, 3.63) is 65.2 Å². The highest BCUT2D eigenvalue weighted by molar-refractivity contribution is 5.93. The highest BCUT2D eigenvalue weighted by atomic mass is 16.5. The van der Waals surface area contributed by atoms with Crippen LogP contribution in [0.2, 0.25) is 0 Å². The maximum Gasteiger partial charge on any atom is 0.274 e. The average Bonchev–Trinajstić information content (AvgIpc) is 2.55. The van der Waals surface area contributed by atoms with Gasteiger partial charge in [0.25, 0.3) is 5.91 Å². The molecule has 0 radical (unpaired) electrons. The molecule has 1 atom stereocenters. The molecule has 1 aliphatic heterocycles. The second-order valence-electron chi connectivity index (χ2n) is 5.38. The molecule has 4 heteroatoms. The molecule has 3 N–H and O–H groups in total. The molecule has 21 heavy (non-hydrogen) atoms. The molecule has 3 rings (SSSR count). The Labute approximate surface area is 123 Å². The second kappa shape index (κ2) is 5.97. The number of rotatable bonds is 3. The van der Waals surface area contributed by atoms with Crippen LogP contribution in [0.1, 0.15) is 27.9 Å². The quantitative estimate of drug-likeness (QED) is 0.599. The van der Waals surface area contributed by atoms with Crippen molar-refractivity contribution in [3.63, 3.8) is 0 Å². The third-order valence-corrected chi connectivity index (χ3v) is 3.94. The van der Waals surface area contributed by atoms with Gasteiger partial charge in [-0.05, 0) is 48.6 Å². The third-order valence-electron chi connectivity index (χ3n) is 3.94. The smallest absolute Gasteiger partial charge is 0.274 e. The molecule has 0 saturated heterocycles. The molecular weight excluding hydrogens is 264 g/mol. The van der Waals surface area contributed by atoms with Crippen molar-refractivity contribution in [2.45, 2.75) is 25.3 Å². The normalized spacial score (nSPS) is 16.7. The summed E-state index contributed by atoms with van der Waals surface area (Å²) >= 11 is 0. The zero-order valence-electron chi connectivity index (χ0n) is 11.7. The van der Waals surface area contributed by atoms with Gasteiger partial charge in [0.05, 0.1) is 0 Å². The summed E-state index contributed by atoms with van der Waals surface area (Å²) in [6.07, 6.45) is 3.13. The predicted octanol–water partition coefficient (Wildman–Crippen LogP) is 2.78. The van der Waals surface area contributed by atoms with Gasteiger partial charge in [0.2, 0.25) is 0 Å². The number of hydrogen-bond acceptors (Lipinski definition) is 3. The van der Waals surface area contributed by atoms with E-state index in [1.807, 2.05) is 12.1 Å². The maximum absolute atomic E-state index is 11.3. The molecule has 0 bridgehead atoms. The van der Waals surface area contributed by atoms with E-state index in [-0.39, 0.29) is 0 Å². The lowest BCUT2D eigenvalue weighted by atomic mass is 9.93. The fourth-order valence-corrected chi connectivity index (χ4v) is 2.80. The van der Waals surface area contributed by atoms with Gasteiger partial charge in [-0.2, -0.15) is 0 Å². The third kappa shape index (κ3) is 3.06. The highest BCUT2D eigenvalue weighted by Crippen LogP contribution is 2.25. The number of hydroxylamine groups is 1. The molecule has 1 heterocycles. The Morgan fingerprint density at radius 3 is 2.71 bits per heavy atom. The first-order chi connectivity index (χ1) is 10.3. The van der Waals surface area contributed by atoms with E-state index < -0.39 is 5.91 Å². The number of benzene rings is 2. The number of para-hydroxylation sites is 1. The van der Waals surface area contributed by atoms with E-state index in [0.717, 1.165) is 19.3 Å². The summed E-state index contributed by atoms with van der Waals surface area (Å²) in [7, 11) is 0. The second-order valence-corrected chi connectivity index (χ2v) is 5.38. The van der Waals surface area contributed by atoms with Gasteiger partial charge >= 0.3 is 0 Å². The number of carbonyl (C=O) groups excluding carboxylic acids is 1. The van der Waals surface area contributed by atoms with E-state index in [1.54, 1.807) is 17.6 Å². The minimum absolute atomic E-state index is 0.414. The number of amides is 1. The predicted molar refractivity (Wildman–Crippen MR) is 81.6 cm³/mol. The summed E-state index contributed by atoms with van der Waals surface area (Å²) in [5.41, 5.74) is 5.89. The van der Waals surface area contributed by atoms with Gasteiger partial charge in [-0.25, -0.2) is 5.48 Å². The van der Waals surface area contributed by atoms with Crippen molar-refractivity contribution in [2.75, 3.05) is 5.32 Å². The molecule has 0 spiro atoms. The molecule has 1 amide bonds. The minimum Gasteiger partial charge on any atom is -0.382 e. The Morgan fingerprint density at radius 1 is 1.19 bits per heavy atom. The molecule has 0 fully saturated rings. The fourth-order valence-electron chi connectivity index (χ4n) is 2.80. The van der Waals surface area contributed by atoms with Crippen molar-refractivity contribution in [1.29, 1.82) is 0 Å². The summed E-state index contributed by atoms with van der Waals surface area (Å²) in [5.74, 6) is -0.480. The van der Waals surface area contributed by atoms with E-state index in [1.165, 1.54) is 16.8 Å². The van der Waals surface area contributed by atoms with Crippen LogP contribution < -0.4 is 10.8 Å². The SMILES string of the molecule is O=C(NO)c1ccc(CC2CCc3ccccc3N2)cc1. The Hall–Kier alpha value is -2.33. The van der Waals surface area contributed by atoms with Crippen molar-refractivity contribution in [1.82, 2.24) is 5.48 Å². The van der Waals surface area contributed by atoms with E-state index in [9.17, 15) is 4.79 Å². The van der Waals surface area contributed by atoms with Gasteiger partial charge in [0, 0.05) is 17.3 Å². The van der Waals surface area contributed by atoms with Crippen molar-refractivity contribution < 1.29 is 10.0 Å². The molecule has 2 aromatic carbocycles. The lowest BCUT2D eigenvalue weighted by Gasteiger charge is -2.27. The maximum atomic E-state index is 11.3. The standard InChI is InChI=1S/C17H18N2O2/c20-17(19-21)14-7-5-12(6-8-14)11-15-10-9-13-3-1-2-4-16(13)18-15/h1-8,15,18,21H,9-11H2,(H,19,20). The van der Waals surface area contributed by atoms with Gasteiger partial charge in [-0.1, -0.05) is 30.3 Å². The van der Waals surface area contributed by atoms with Crippen molar-refractivity contribution in [3.8, 4) is 0 Å². The minimum atomic E-state index is -0.480. The van der Waals surface area contributed by atoms with E-state index in [0.29, 0.717) is 11.6 Å². The molecule has 0 aromatic heterocycles. The van der Waals surface area contributed by atoms with Crippen LogP contribution in [0.25, 0.3) is 0 Å². The lowest BCUT2D eigenvalue weighted by Crippen LogP contribution is -2.27. The molecule has 2 aromatic rings. The summed E-state index contributed by atoms with van der Waals surface area (Å²) < 4.78 is 0. The van der Waals surface area contributed by atoms with Gasteiger partial charge in [0.15, 0.2) is 0 Å². The number of anilines is 1. The first-order valence-corrected chi connectivity index (χ1v) is 7.14. The zero-order valence-corrected chi connectivity index (χ0v) is 11.7. The van der Waals surface area contributed by atoms with Crippen molar-refractivity contribution >= 4 is 11.6 Å². The highest BCUT2D eigenvalue weighted by Gasteiger charge is 2.17. The number of hydrogen-bond donors (Lipinski definition) is 3. The summed E-state index contributed by atoms with van der Waals surface area (Å²) in [5, 5.41) is 12.2. The number of aryl methyl sites for hydroxylation is 1. The van der Waals surface area contributed by atoms with E-state index >= 15 is 0 Å². The van der Waals surface area contributed by atoms with Crippen LogP contribution in [0.5, 0.6) is 0 Å². The summed E-state index contributed by atoms with van der Waals surface area (Å²) in [6, 6.07) is 16.2. The number of nitrogens with one attached hydrogen (secondary N) is 2. The molecule has 4 nitrogen and oxygen atoms in total. The largest absolute Gasteiger partial charge is 0.382 e. The van der Waals surface area contributed by atoms with Crippen LogP contribution in [-0.2, 0) is 12.8 Å². The van der Waals surface area contributed by atoms with E-state index in [4.69, 9.17) is 5.21 Å². The van der Waals surface area contributed by atoms with Crippen LogP contribution in [0.4, 0.5) is 5.69 Å². The van der Waals surface area contributed by atoms with Crippen LogP contribution in [0.3, 0.4) is 0 Å². The topological polar surface area (TPSA) is 61.4 Å². The Kier molecular flexibility index (Phi) is 3.88. The summed E-state index contributed by atoms with van der Waals surface area (Å²) in [6.45, 7) is 0. The van der Waals surface area contributed by atoms with Crippen molar-refractivity contribution in [2.24, 2.45) is 0 Å². The van der Waals surface area contributed by atoms with Gasteiger partial charge in [-0.15, -0.1) is 0 Å². The molecule has 0 aliphatic carbocycles. The first kappa shape index (κ1) is 13.6.